The van der Waals surface area contributed by atoms with Gasteiger partial charge in [-0.15, -0.1) is 0 Å². The second-order valence-corrected chi connectivity index (χ2v) is 4.19. The number of ether oxygens (including phenoxy) is 1. The van der Waals surface area contributed by atoms with Gasteiger partial charge in [-0.2, -0.15) is 5.26 Å². The van der Waals surface area contributed by atoms with Crippen LogP contribution in [-0.2, 0) is 4.79 Å². The summed E-state index contributed by atoms with van der Waals surface area (Å²) in [4.78, 5) is 11.8. The van der Waals surface area contributed by atoms with Crippen molar-refractivity contribution in [2.24, 2.45) is 0 Å². The number of nitriles is 1. The van der Waals surface area contributed by atoms with E-state index in [1.54, 1.807) is 31.2 Å². The van der Waals surface area contributed by atoms with Gasteiger partial charge >= 0.3 is 0 Å². The molecule has 0 saturated heterocycles. The molecule has 0 aliphatic carbocycles. The molecule has 19 heavy (non-hydrogen) atoms. The smallest absolute Gasteiger partial charge is 0.261 e. The molecule has 0 aromatic heterocycles. The van der Waals surface area contributed by atoms with Gasteiger partial charge in [0.25, 0.3) is 5.91 Å². The number of nitrogens with zero attached hydrogens (tertiary/aromatic N) is 1. The molecule has 0 heterocycles. The first-order valence-corrected chi connectivity index (χ1v) is 6.18. The predicted octanol–water partition coefficient (Wildman–Crippen LogP) is 1.21. The van der Waals surface area contributed by atoms with E-state index < -0.39 is 6.10 Å². The summed E-state index contributed by atoms with van der Waals surface area (Å²) in [6.45, 7) is 3.43. The molecular weight excluding hydrogens is 244 g/mol. The number of hydrogen-bond donors (Lipinski definition) is 2. The van der Waals surface area contributed by atoms with Crippen molar-refractivity contribution >= 4 is 5.91 Å². The number of carbonyl (C=O) groups excluding carboxylic acids is 1. The SMILES string of the molecule is CC[C@H](CO)NC(=O)C(C)Oc1ccc(C#N)cc1. The van der Waals surface area contributed by atoms with E-state index in [9.17, 15) is 4.79 Å². The van der Waals surface area contributed by atoms with Crippen molar-refractivity contribution in [3.05, 3.63) is 29.8 Å². The number of amides is 1. The molecule has 0 spiro atoms. The van der Waals surface area contributed by atoms with Gasteiger partial charge in [0.05, 0.1) is 24.3 Å². The van der Waals surface area contributed by atoms with Crippen LogP contribution in [0.15, 0.2) is 24.3 Å². The van der Waals surface area contributed by atoms with Crippen LogP contribution in [0.25, 0.3) is 0 Å². The molecule has 1 aromatic rings. The Morgan fingerprint density at radius 2 is 2.11 bits per heavy atom. The maximum atomic E-state index is 11.8. The maximum Gasteiger partial charge on any atom is 0.261 e. The number of hydrogen-bond acceptors (Lipinski definition) is 4. The minimum Gasteiger partial charge on any atom is -0.481 e. The zero-order valence-corrected chi connectivity index (χ0v) is 11.1. The van der Waals surface area contributed by atoms with E-state index in [1.807, 2.05) is 13.0 Å². The van der Waals surface area contributed by atoms with Crippen molar-refractivity contribution in [1.29, 1.82) is 5.26 Å². The number of benzene rings is 1. The lowest BCUT2D eigenvalue weighted by atomic mass is 10.2. The van der Waals surface area contributed by atoms with Crippen LogP contribution in [0.5, 0.6) is 5.75 Å². The number of aliphatic hydroxyl groups excluding tert-OH is 1. The first kappa shape index (κ1) is 15.0. The maximum absolute atomic E-state index is 11.8. The first-order valence-electron chi connectivity index (χ1n) is 6.18. The van der Waals surface area contributed by atoms with E-state index in [-0.39, 0.29) is 18.6 Å². The van der Waals surface area contributed by atoms with Crippen LogP contribution in [0, 0.1) is 11.3 Å². The normalized spacial score (nSPS) is 13.2. The van der Waals surface area contributed by atoms with E-state index in [1.165, 1.54) is 0 Å². The van der Waals surface area contributed by atoms with Gasteiger partial charge in [0, 0.05) is 0 Å². The minimum atomic E-state index is -0.659. The Kier molecular flexibility index (Phi) is 5.83. The molecule has 0 radical (unpaired) electrons. The summed E-state index contributed by atoms with van der Waals surface area (Å²) in [5.41, 5.74) is 0.538. The van der Waals surface area contributed by atoms with E-state index >= 15 is 0 Å². The molecular formula is C14H18N2O3. The largest absolute Gasteiger partial charge is 0.481 e. The fourth-order valence-corrected chi connectivity index (χ4v) is 1.46. The molecule has 5 nitrogen and oxygen atoms in total. The molecule has 1 aromatic carbocycles. The van der Waals surface area contributed by atoms with Gasteiger partial charge in [0.2, 0.25) is 0 Å². The second kappa shape index (κ2) is 7.39. The summed E-state index contributed by atoms with van der Waals surface area (Å²) in [5, 5.41) is 20.4. The summed E-state index contributed by atoms with van der Waals surface area (Å²) < 4.78 is 5.46. The van der Waals surface area contributed by atoms with E-state index in [4.69, 9.17) is 15.1 Å². The molecule has 1 rings (SSSR count). The van der Waals surface area contributed by atoms with Crippen LogP contribution < -0.4 is 10.1 Å². The summed E-state index contributed by atoms with van der Waals surface area (Å²) in [6, 6.07) is 8.30. The van der Waals surface area contributed by atoms with Crippen molar-refractivity contribution in [1.82, 2.24) is 5.32 Å². The molecule has 2 N–H and O–H groups in total. The molecule has 102 valence electrons. The average Bonchev–Trinajstić information content (AvgIpc) is 2.45. The predicted molar refractivity (Wildman–Crippen MR) is 70.6 cm³/mol. The van der Waals surface area contributed by atoms with Crippen LogP contribution >= 0.6 is 0 Å². The lowest BCUT2D eigenvalue weighted by Crippen LogP contribution is -2.43. The van der Waals surface area contributed by atoms with Crippen LogP contribution in [0.2, 0.25) is 0 Å². The quantitative estimate of drug-likeness (QED) is 0.807. The lowest BCUT2D eigenvalue weighted by Gasteiger charge is -2.19. The third kappa shape index (κ3) is 4.60. The Morgan fingerprint density at radius 3 is 2.58 bits per heavy atom. The zero-order valence-electron chi connectivity index (χ0n) is 11.1. The van der Waals surface area contributed by atoms with Gasteiger partial charge < -0.3 is 15.2 Å². The van der Waals surface area contributed by atoms with Crippen LogP contribution in [0.4, 0.5) is 0 Å². The Hall–Kier alpha value is -2.06. The lowest BCUT2D eigenvalue weighted by molar-refractivity contribution is -0.128. The van der Waals surface area contributed by atoms with Gasteiger partial charge in [-0.1, -0.05) is 6.92 Å². The monoisotopic (exact) mass is 262 g/mol. The molecule has 0 bridgehead atoms. The van der Waals surface area contributed by atoms with Gasteiger partial charge in [0.1, 0.15) is 5.75 Å². The number of rotatable bonds is 6. The van der Waals surface area contributed by atoms with Gasteiger partial charge in [-0.05, 0) is 37.6 Å². The van der Waals surface area contributed by atoms with Crippen molar-refractivity contribution in [2.75, 3.05) is 6.61 Å². The Bertz CT molecular complexity index is 447. The van der Waals surface area contributed by atoms with Crippen molar-refractivity contribution in [3.63, 3.8) is 0 Å². The van der Waals surface area contributed by atoms with E-state index in [0.717, 1.165) is 0 Å². The highest BCUT2D eigenvalue weighted by Crippen LogP contribution is 2.13. The molecule has 0 aliphatic heterocycles. The van der Waals surface area contributed by atoms with Crippen molar-refractivity contribution in [3.8, 4) is 11.8 Å². The molecule has 1 unspecified atom stereocenters. The molecule has 5 heteroatoms. The molecule has 0 aliphatic rings. The fourth-order valence-electron chi connectivity index (χ4n) is 1.46. The molecule has 0 fully saturated rings. The fraction of sp³-hybridized carbons (Fsp3) is 0.429. The van der Waals surface area contributed by atoms with E-state index in [0.29, 0.717) is 17.7 Å². The molecule has 0 saturated carbocycles. The van der Waals surface area contributed by atoms with Gasteiger partial charge in [-0.3, -0.25) is 4.79 Å². The van der Waals surface area contributed by atoms with Crippen molar-refractivity contribution < 1.29 is 14.6 Å². The standard InChI is InChI=1S/C14H18N2O3/c1-3-12(9-17)16-14(18)10(2)19-13-6-4-11(8-15)5-7-13/h4-7,10,12,17H,3,9H2,1-2H3,(H,16,18)/t10?,12-/m1/s1. The van der Waals surface area contributed by atoms with Crippen LogP contribution in [0.1, 0.15) is 25.8 Å². The minimum absolute atomic E-state index is 0.0914. The highest BCUT2D eigenvalue weighted by Gasteiger charge is 2.17. The average molecular weight is 262 g/mol. The first-order chi connectivity index (χ1) is 9.10. The highest BCUT2D eigenvalue weighted by atomic mass is 16.5. The third-order valence-corrected chi connectivity index (χ3v) is 2.73. The summed E-state index contributed by atoms with van der Waals surface area (Å²) in [6.07, 6.45) is -0.000205. The molecule has 2 atom stereocenters. The van der Waals surface area contributed by atoms with Gasteiger partial charge in [-0.25, -0.2) is 0 Å². The van der Waals surface area contributed by atoms with Crippen molar-refractivity contribution in [2.45, 2.75) is 32.4 Å². The summed E-state index contributed by atoms with van der Waals surface area (Å²) in [7, 11) is 0. The second-order valence-electron chi connectivity index (χ2n) is 4.19. The Balaban J connectivity index is 2.56. The Labute approximate surface area is 112 Å². The topological polar surface area (TPSA) is 82.3 Å². The van der Waals surface area contributed by atoms with E-state index in [2.05, 4.69) is 5.32 Å². The zero-order chi connectivity index (χ0) is 14.3. The number of carbonyl (C=O) groups is 1. The summed E-state index contributed by atoms with van der Waals surface area (Å²) >= 11 is 0. The highest BCUT2D eigenvalue weighted by molar-refractivity contribution is 5.81. The van der Waals surface area contributed by atoms with Crippen LogP contribution in [0.3, 0.4) is 0 Å². The van der Waals surface area contributed by atoms with Crippen LogP contribution in [-0.4, -0.2) is 29.8 Å². The summed E-state index contributed by atoms with van der Waals surface area (Å²) in [5.74, 6) is 0.254. The number of aliphatic hydroxyl groups is 1. The van der Waals surface area contributed by atoms with Gasteiger partial charge in [0.15, 0.2) is 6.10 Å². The molecule has 1 amide bonds. The Morgan fingerprint density at radius 1 is 1.47 bits per heavy atom. The third-order valence-electron chi connectivity index (χ3n) is 2.73. The number of nitrogens with one attached hydrogen (secondary N) is 1.